The van der Waals surface area contributed by atoms with E-state index < -0.39 is 0 Å². The predicted octanol–water partition coefficient (Wildman–Crippen LogP) is 15.2. The molecule has 12 aromatic rings. The van der Waals surface area contributed by atoms with Crippen molar-refractivity contribution in [1.29, 1.82) is 0 Å². The van der Waals surface area contributed by atoms with Crippen molar-refractivity contribution < 1.29 is 0 Å². The molecular weight excluding hydrogens is 677 g/mol. The molecule has 2 heteroatoms. The highest BCUT2D eigenvalue weighted by molar-refractivity contribution is 6.31. The van der Waals surface area contributed by atoms with Crippen LogP contribution in [0.5, 0.6) is 0 Å². The molecule has 12 rings (SSSR count). The number of aryl methyl sites for hydroxylation is 1. The minimum Gasteiger partial charge on any atom is -0.312 e. The van der Waals surface area contributed by atoms with Crippen molar-refractivity contribution in [3.63, 3.8) is 0 Å². The molecule has 0 saturated carbocycles. The van der Waals surface area contributed by atoms with E-state index in [0.717, 1.165) is 11.4 Å². The lowest BCUT2D eigenvalue weighted by Crippen LogP contribution is -2.10. The van der Waals surface area contributed by atoms with Crippen LogP contribution < -0.4 is 4.90 Å². The molecule has 0 spiro atoms. The molecule has 262 valence electrons. The second kappa shape index (κ2) is 11.7. The van der Waals surface area contributed by atoms with Gasteiger partial charge in [-0.2, -0.15) is 0 Å². The summed E-state index contributed by atoms with van der Waals surface area (Å²) in [6.45, 7) is 4.58. The van der Waals surface area contributed by atoms with Crippen molar-refractivity contribution in [2.75, 3.05) is 4.90 Å². The molecule has 0 radical (unpaired) electrons. The molecule has 0 fully saturated rings. The van der Waals surface area contributed by atoms with Gasteiger partial charge in [-0.3, -0.25) is 0 Å². The Kier molecular flexibility index (Phi) is 6.50. The van der Waals surface area contributed by atoms with E-state index in [1.165, 1.54) is 109 Å². The number of fused-ring (bicyclic) bond motifs is 7. The van der Waals surface area contributed by atoms with Crippen molar-refractivity contribution >= 4 is 103 Å². The van der Waals surface area contributed by atoms with Crippen LogP contribution >= 0.6 is 0 Å². The van der Waals surface area contributed by atoms with Gasteiger partial charge in [-0.05, 0) is 133 Å². The van der Waals surface area contributed by atoms with Crippen molar-refractivity contribution in [1.82, 2.24) is 4.57 Å². The molecule has 0 atom stereocenters. The molecule has 2 nitrogen and oxygen atoms in total. The maximum atomic E-state index is 2.54. The maximum Gasteiger partial charge on any atom is 0.0613 e. The summed E-state index contributed by atoms with van der Waals surface area (Å²) in [5, 5.41) is 19.1. The highest BCUT2D eigenvalue weighted by atomic mass is 15.1. The van der Waals surface area contributed by atoms with Gasteiger partial charge in [0.1, 0.15) is 0 Å². The van der Waals surface area contributed by atoms with Gasteiger partial charge in [-0.1, -0.05) is 127 Å². The fourth-order valence-corrected chi connectivity index (χ4v) is 9.69. The normalized spacial score (nSPS) is 12.1. The fourth-order valence-electron chi connectivity index (χ4n) is 9.69. The first-order valence-corrected chi connectivity index (χ1v) is 19.5. The SMILES string of the molecule is Cc1c(C)n(-c2cc3ccccc3c3ccccc23)c2c1cc1ccc3c(N(c4ccccc4)c4ccc5cc6ccccc6cc5c4)ccc4ccc2c1c43. The summed E-state index contributed by atoms with van der Waals surface area (Å²) in [4.78, 5) is 2.44. The van der Waals surface area contributed by atoms with Crippen LogP contribution in [0.3, 0.4) is 0 Å². The lowest BCUT2D eigenvalue weighted by molar-refractivity contribution is 1.06. The summed E-state index contributed by atoms with van der Waals surface area (Å²) in [6.07, 6.45) is 0. The Morgan fingerprint density at radius 1 is 0.357 bits per heavy atom. The minimum absolute atomic E-state index is 1.13. The zero-order chi connectivity index (χ0) is 37.1. The highest BCUT2D eigenvalue weighted by Gasteiger charge is 2.23. The molecule has 0 bridgehead atoms. The first kappa shape index (κ1) is 31.2. The molecule has 0 unspecified atom stereocenters. The van der Waals surface area contributed by atoms with E-state index in [-0.39, 0.29) is 0 Å². The molecule has 0 aliphatic heterocycles. The van der Waals surface area contributed by atoms with Crippen LogP contribution in [0.4, 0.5) is 17.1 Å². The second-order valence-electron chi connectivity index (χ2n) is 15.4. The van der Waals surface area contributed by atoms with Crippen LogP contribution in [0, 0.1) is 13.8 Å². The van der Waals surface area contributed by atoms with Crippen molar-refractivity contribution in [3.8, 4) is 5.69 Å². The van der Waals surface area contributed by atoms with Gasteiger partial charge in [0.25, 0.3) is 0 Å². The van der Waals surface area contributed by atoms with Gasteiger partial charge < -0.3 is 9.47 Å². The monoisotopic (exact) mass is 712 g/mol. The molecule has 0 aliphatic carbocycles. The first-order chi connectivity index (χ1) is 27.6. The number of rotatable bonds is 4. The largest absolute Gasteiger partial charge is 0.312 e. The Hall–Kier alpha value is -7.16. The number of hydrogen-bond donors (Lipinski definition) is 0. The molecule has 0 aliphatic rings. The van der Waals surface area contributed by atoms with Crippen molar-refractivity contribution in [3.05, 3.63) is 193 Å². The number of nitrogens with zero attached hydrogens (tertiary/aromatic N) is 2. The summed E-state index contributed by atoms with van der Waals surface area (Å²) >= 11 is 0. The number of anilines is 3. The third kappa shape index (κ3) is 4.38. The molecule has 56 heavy (non-hydrogen) atoms. The van der Waals surface area contributed by atoms with Crippen molar-refractivity contribution in [2.45, 2.75) is 13.8 Å². The zero-order valence-electron chi connectivity index (χ0n) is 31.2. The van der Waals surface area contributed by atoms with Crippen LogP contribution in [0.15, 0.2) is 182 Å². The standard InChI is InChI=1S/C54H36N2/c1-33-34(2)55(51-32-39-14-8-9-17-44(39)45-18-10-11-19-46(45)51)54-48-26-21-35-23-27-50(47-25-22-40(31-49(33)54)53(48)52(35)47)56(42-15-4-3-5-16-42)43-24-20-38-28-36-12-6-7-13-37(36)29-41(38)30-43/h3-32H,1-2H3. The van der Waals surface area contributed by atoms with Gasteiger partial charge in [0.05, 0.1) is 16.9 Å². The average Bonchev–Trinajstić information content (AvgIpc) is 3.50. The zero-order valence-corrected chi connectivity index (χ0v) is 31.2. The van der Waals surface area contributed by atoms with Crippen LogP contribution in [0.2, 0.25) is 0 Å². The maximum absolute atomic E-state index is 2.54. The highest BCUT2D eigenvalue weighted by Crippen LogP contribution is 2.47. The van der Waals surface area contributed by atoms with Gasteiger partial charge in [-0.15, -0.1) is 0 Å². The molecule has 0 saturated heterocycles. The number of hydrogen-bond acceptors (Lipinski definition) is 1. The van der Waals surface area contributed by atoms with Gasteiger partial charge >= 0.3 is 0 Å². The van der Waals surface area contributed by atoms with E-state index in [1.54, 1.807) is 0 Å². The smallest absolute Gasteiger partial charge is 0.0613 e. The van der Waals surface area contributed by atoms with Gasteiger partial charge in [0.15, 0.2) is 0 Å². The Labute approximate surface area is 324 Å². The Balaban J connectivity index is 1.15. The summed E-state index contributed by atoms with van der Waals surface area (Å²) in [6, 6.07) is 67.5. The van der Waals surface area contributed by atoms with E-state index in [4.69, 9.17) is 0 Å². The Bertz CT molecular complexity index is 3550. The third-order valence-electron chi connectivity index (χ3n) is 12.4. The molecule has 1 aromatic heterocycles. The van der Waals surface area contributed by atoms with E-state index in [0.29, 0.717) is 0 Å². The molecular formula is C54H36N2. The van der Waals surface area contributed by atoms with Crippen LogP contribution in [-0.4, -0.2) is 4.57 Å². The Morgan fingerprint density at radius 3 is 1.79 bits per heavy atom. The minimum atomic E-state index is 1.13. The first-order valence-electron chi connectivity index (χ1n) is 19.5. The summed E-state index contributed by atoms with van der Waals surface area (Å²) in [7, 11) is 0. The third-order valence-corrected chi connectivity index (χ3v) is 12.4. The van der Waals surface area contributed by atoms with Gasteiger partial charge in [0.2, 0.25) is 0 Å². The van der Waals surface area contributed by atoms with E-state index >= 15 is 0 Å². The fraction of sp³-hybridized carbons (Fsp3) is 0.0370. The quantitative estimate of drug-likeness (QED) is 0.130. The lowest BCUT2D eigenvalue weighted by atomic mass is 9.91. The average molecular weight is 713 g/mol. The second-order valence-corrected chi connectivity index (χ2v) is 15.4. The van der Waals surface area contributed by atoms with Crippen LogP contribution in [-0.2, 0) is 0 Å². The molecule has 0 amide bonds. The van der Waals surface area contributed by atoms with E-state index in [1.807, 2.05) is 0 Å². The van der Waals surface area contributed by atoms with Gasteiger partial charge in [-0.25, -0.2) is 0 Å². The number of aromatic nitrogens is 1. The Morgan fingerprint density at radius 2 is 0.964 bits per heavy atom. The topological polar surface area (TPSA) is 8.17 Å². The van der Waals surface area contributed by atoms with Gasteiger partial charge in [0, 0.05) is 38.6 Å². The predicted molar refractivity (Wildman–Crippen MR) is 241 cm³/mol. The summed E-state index contributed by atoms with van der Waals surface area (Å²) < 4.78 is 2.54. The van der Waals surface area contributed by atoms with Crippen LogP contribution in [0.1, 0.15) is 11.3 Å². The molecule has 1 heterocycles. The summed E-state index contributed by atoms with van der Waals surface area (Å²) in [5.41, 5.74) is 8.53. The summed E-state index contributed by atoms with van der Waals surface area (Å²) in [5.74, 6) is 0. The van der Waals surface area contributed by atoms with E-state index in [9.17, 15) is 0 Å². The van der Waals surface area contributed by atoms with Crippen molar-refractivity contribution in [2.24, 2.45) is 0 Å². The number of benzene rings is 11. The lowest BCUT2D eigenvalue weighted by Gasteiger charge is -2.28. The number of para-hydroxylation sites is 1. The van der Waals surface area contributed by atoms with E-state index in [2.05, 4.69) is 205 Å². The van der Waals surface area contributed by atoms with Crippen LogP contribution in [0.25, 0.3) is 92.0 Å². The molecule has 11 aromatic carbocycles. The molecule has 0 N–H and O–H groups in total.